The number of alkyl carbamates (subject to hydrolysis) is 1. The lowest BCUT2D eigenvalue weighted by atomic mass is 10.0. The molecule has 4 heteroatoms. The van der Waals surface area contributed by atoms with Crippen molar-refractivity contribution in [3.63, 3.8) is 0 Å². The van der Waals surface area contributed by atoms with Gasteiger partial charge in [-0.25, -0.2) is 4.79 Å². The first-order valence-corrected chi connectivity index (χ1v) is 6.46. The van der Waals surface area contributed by atoms with Gasteiger partial charge in [-0.05, 0) is 46.0 Å². The molecule has 1 unspecified atom stereocenters. The van der Waals surface area contributed by atoms with E-state index in [-0.39, 0.29) is 17.7 Å². The molecule has 0 aromatic heterocycles. The van der Waals surface area contributed by atoms with Crippen LogP contribution in [0.25, 0.3) is 0 Å². The van der Waals surface area contributed by atoms with Crippen LogP contribution in [0.5, 0.6) is 0 Å². The molecule has 0 aliphatic heterocycles. The van der Waals surface area contributed by atoms with E-state index in [0.29, 0.717) is 12.8 Å². The lowest BCUT2D eigenvalue weighted by molar-refractivity contribution is -0.121. The van der Waals surface area contributed by atoms with E-state index in [1.165, 1.54) is 0 Å². The first-order valence-electron chi connectivity index (χ1n) is 6.46. The zero-order chi connectivity index (χ0) is 13.8. The number of ketones is 1. The maximum Gasteiger partial charge on any atom is 0.408 e. The Labute approximate surface area is 109 Å². The van der Waals surface area contributed by atoms with Crippen LogP contribution < -0.4 is 5.32 Å². The zero-order valence-electron chi connectivity index (χ0n) is 11.5. The minimum Gasteiger partial charge on any atom is -0.444 e. The van der Waals surface area contributed by atoms with Gasteiger partial charge in [0, 0.05) is 6.42 Å². The molecule has 0 aromatic carbocycles. The van der Waals surface area contributed by atoms with Crippen molar-refractivity contribution in [2.45, 2.75) is 58.1 Å². The summed E-state index contributed by atoms with van der Waals surface area (Å²) in [5.74, 6) is 0.359. The summed E-state index contributed by atoms with van der Waals surface area (Å²) in [5.41, 5.74) is -0.539. The first kappa shape index (κ1) is 14.7. The van der Waals surface area contributed by atoms with Gasteiger partial charge in [-0.15, -0.1) is 6.58 Å². The molecule has 0 aromatic rings. The predicted octanol–water partition coefficient (Wildman–Crippen LogP) is 2.83. The number of hydrogen-bond acceptors (Lipinski definition) is 3. The van der Waals surface area contributed by atoms with Crippen molar-refractivity contribution in [1.29, 1.82) is 0 Å². The number of amides is 1. The third-order valence-electron chi connectivity index (χ3n) is 2.71. The molecule has 1 aliphatic carbocycles. The minimum atomic E-state index is -0.539. The molecule has 0 spiro atoms. The van der Waals surface area contributed by atoms with Crippen molar-refractivity contribution >= 4 is 11.9 Å². The number of Topliss-reactive ketones (excluding diaryl/α,β-unsaturated/α-hetero) is 1. The highest BCUT2D eigenvalue weighted by molar-refractivity contribution is 5.88. The van der Waals surface area contributed by atoms with Crippen LogP contribution >= 0.6 is 0 Å². The molecule has 1 aliphatic rings. The monoisotopic (exact) mass is 253 g/mol. The van der Waals surface area contributed by atoms with Gasteiger partial charge >= 0.3 is 6.09 Å². The van der Waals surface area contributed by atoms with Crippen molar-refractivity contribution in [1.82, 2.24) is 5.32 Å². The third kappa shape index (κ3) is 5.34. The summed E-state index contributed by atoms with van der Waals surface area (Å²) in [6, 6.07) is -0.389. The quantitative estimate of drug-likeness (QED) is 0.740. The Kier molecular flexibility index (Phi) is 4.93. The summed E-state index contributed by atoms with van der Waals surface area (Å²) >= 11 is 0. The standard InChI is InChI=1S/C14H23NO3/c1-5-6-7-11(16)12(10-8-9-10)15-13(17)18-14(2,3)4/h5,10,12H,1,6-9H2,2-4H3,(H,15,17). The molecule has 0 heterocycles. The van der Waals surface area contributed by atoms with Crippen molar-refractivity contribution in [2.75, 3.05) is 0 Å². The highest BCUT2D eigenvalue weighted by Gasteiger charge is 2.37. The molecule has 18 heavy (non-hydrogen) atoms. The summed E-state index contributed by atoms with van der Waals surface area (Å²) in [6.45, 7) is 9.01. The largest absolute Gasteiger partial charge is 0.444 e. The number of rotatable bonds is 6. The molecule has 0 saturated heterocycles. The third-order valence-corrected chi connectivity index (χ3v) is 2.71. The van der Waals surface area contributed by atoms with Crippen molar-refractivity contribution in [3.05, 3.63) is 12.7 Å². The average molecular weight is 253 g/mol. The van der Waals surface area contributed by atoms with Gasteiger partial charge in [0.05, 0.1) is 6.04 Å². The van der Waals surface area contributed by atoms with E-state index in [2.05, 4.69) is 11.9 Å². The van der Waals surface area contributed by atoms with Crippen LogP contribution in [0.2, 0.25) is 0 Å². The maximum absolute atomic E-state index is 12.0. The Morgan fingerprint density at radius 1 is 1.44 bits per heavy atom. The van der Waals surface area contributed by atoms with Crippen molar-refractivity contribution in [3.8, 4) is 0 Å². The van der Waals surface area contributed by atoms with E-state index in [4.69, 9.17) is 4.74 Å². The van der Waals surface area contributed by atoms with E-state index >= 15 is 0 Å². The van der Waals surface area contributed by atoms with Crippen LogP contribution in [0.4, 0.5) is 4.79 Å². The number of carbonyl (C=O) groups is 2. The zero-order valence-corrected chi connectivity index (χ0v) is 11.5. The fourth-order valence-electron chi connectivity index (χ4n) is 1.73. The van der Waals surface area contributed by atoms with Crippen molar-refractivity contribution in [2.24, 2.45) is 5.92 Å². The highest BCUT2D eigenvalue weighted by Crippen LogP contribution is 2.33. The molecular formula is C14H23NO3. The molecular weight excluding hydrogens is 230 g/mol. The molecule has 1 rings (SSSR count). The number of ether oxygens (including phenoxy) is 1. The van der Waals surface area contributed by atoms with Crippen LogP contribution in [0, 0.1) is 5.92 Å². The second-order valence-electron chi connectivity index (χ2n) is 5.75. The summed E-state index contributed by atoms with van der Waals surface area (Å²) in [7, 11) is 0. The molecule has 1 amide bonds. The van der Waals surface area contributed by atoms with E-state index in [1.54, 1.807) is 26.8 Å². The van der Waals surface area contributed by atoms with E-state index in [0.717, 1.165) is 12.8 Å². The van der Waals surface area contributed by atoms with Crippen LogP contribution in [-0.2, 0) is 9.53 Å². The Morgan fingerprint density at radius 2 is 2.06 bits per heavy atom. The predicted molar refractivity (Wildman–Crippen MR) is 70.3 cm³/mol. The van der Waals surface area contributed by atoms with Crippen LogP contribution in [0.3, 0.4) is 0 Å². The van der Waals surface area contributed by atoms with Gasteiger partial charge in [-0.3, -0.25) is 4.79 Å². The SMILES string of the molecule is C=CCCC(=O)C(NC(=O)OC(C)(C)C)C1CC1. The molecule has 0 radical (unpaired) electrons. The molecule has 1 atom stereocenters. The molecule has 4 nitrogen and oxygen atoms in total. The highest BCUT2D eigenvalue weighted by atomic mass is 16.6. The van der Waals surface area contributed by atoms with Gasteiger partial charge in [0.25, 0.3) is 0 Å². The molecule has 1 saturated carbocycles. The topological polar surface area (TPSA) is 55.4 Å². The Balaban J connectivity index is 2.50. The average Bonchev–Trinajstić information content (AvgIpc) is 3.03. The lowest BCUT2D eigenvalue weighted by Crippen LogP contribution is -2.44. The Bertz CT molecular complexity index is 326. The molecule has 1 fully saturated rings. The number of carbonyl (C=O) groups excluding carboxylic acids is 2. The van der Waals surface area contributed by atoms with E-state index in [9.17, 15) is 9.59 Å². The van der Waals surface area contributed by atoms with Gasteiger partial charge < -0.3 is 10.1 Å². The fourth-order valence-corrected chi connectivity index (χ4v) is 1.73. The molecule has 1 N–H and O–H groups in total. The minimum absolute atomic E-state index is 0.0725. The Hall–Kier alpha value is -1.32. The van der Waals surface area contributed by atoms with Gasteiger partial charge in [0.2, 0.25) is 0 Å². The van der Waals surface area contributed by atoms with Gasteiger partial charge in [0.15, 0.2) is 5.78 Å². The normalized spacial score (nSPS) is 16.8. The maximum atomic E-state index is 12.0. The van der Waals surface area contributed by atoms with E-state index < -0.39 is 11.7 Å². The summed E-state index contributed by atoms with van der Waals surface area (Å²) in [5, 5.41) is 2.70. The van der Waals surface area contributed by atoms with Gasteiger partial charge in [-0.1, -0.05) is 6.08 Å². The van der Waals surface area contributed by atoms with E-state index in [1.807, 2.05) is 0 Å². The first-order chi connectivity index (χ1) is 8.33. The second kappa shape index (κ2) is 6.03. The molecule has 0 bridgehead atoms. The Morgan fingerprint density at radius 3 is 2.50 bits per heavy atom. The summed E-state index contributed by atoms with van der Waals surface area (Å²) in [6.07, 6.45) is 4.29. The van der Waals surface area contributed by atoms with Crippen LogP contribution in [0.1, 0.15) is 46.5 Å². The number of hydrogen-bond donors (Lipinski definition) is 1. The summed E-state index contributed by atoms with van der Waals surface area (Å²) < 4.78 is 5.18. The fraction of sp³-hybridized carbons (Fsp3) is 0.714. The second-order valence-corrected chi connectivity index (χ2v) is 5.75. The van der Waals surface area contributed by atoms with Gasteiger partial charge in [0.1, 0.15) is 5.60 Å². The lowest BCUT2D eigenvalue weighted by Gasteiger charge is -2.23. The van der Waals surface area contributed by atoms with Gasteiger partial charge in [-0.2, -0.15) is 0 Å². The summed E-state index contributed by atoms with van der Waals surface area (Å²) in [4.78, 5) is 23.6. The van der Waals surface area contributed by atoms with Crippen molar-refractivity contribution < 1.29 is 14.3 Å². The molecule has 102 valence electrons. The number of allylic oxidation sites excluding steroid dienone is 1. The smallest absolute Gasteiger partial charge is 0.408 e. The van der Waals surface area contributed by atoms with Crippen LogP contribution in [0.15, 0.2) is 12.7 Å². The van der Waals surface area contributed by atoms with Crippen LogP contribution in [-0.4, -0.2) is 23.5 Å². The number of nitrogens with one attached hydrogen (secondary N) is 1.